The molecule has 0 aliphatic rings. The number of hydrogen-bond donors (Lipinski definition) is 1. The van der Waals surface area contributed by atoms with Crippen molar-refractivity contribution < 1.29 is 10.0 Å². The van der Waals surface area contributed by atoms with E-state index in [2.05, 4.69) is 4.99 Å². The summed E-state index contributed by atoms with van der Waals surface area (Å²) in [5.41, 5.74) is 1.73. The number of aryl methyl sites for hydroxylation is 1. The number of phenols is 1. The highest BCUT2D eigenvalue weighted by Gasteiger charge is 2.36. The number of rotatable bonds is 4. The van der Waals surface area contributed by atoms with Crippen LogP contribution in [0.2, 0.25) is 0 Å². The van der Waals surface area contributed by atoms with Crippen LogP contribution in [-0.2, 0) is 0 Å². The van der Waals surface area contributed by atoms with Crippen LogP contribution in [0.15, 0.2) is 23.2 Å². The third-order valence-corrected chi connectivity index (χ3v) is 3.35. The molecule has 1 aromatic rings. The Balaban J connectivity index is 3.16. The molecule has 1 unspecified atom stereocenters. The molecule has 0 amide bonds. The third kappa shape index (κ3) is 4.81. The second kappa shape index (κ2) is 6.61. The Labute approximate surface area is 131 Å². The molecule has 0 saturated carbocycles. The van der Waals surface area contributed by atoms with Crippen LogP contribution in [-0.4, -0.2) is 32.1 Å². The number of benzene rings is 1. The minimum absolute atomic E-state index is 0.0148. The van der Waals surface area contributed by atoms with Crippen LogP contribution in [0.3, 0.4) is 0 Å². The lowest BCUT2D eigenvalue weighted by Gasteiger charge is -2.18. The lowest BCUT2D eigenvalue weighted by Crippen LogP contribution is -2.32. The van der Waals surface area contributed by atoms with E-state index < -0.39 is 21.3 Å². The van der Waals surface area contributed by atoms with Crippen LogP contribution >= 0.6 is 34.8 Å². The molecular formula is C12H13Cl3N2O3. The highest BCUT2D eigenvalue weighted by molar-refractivity contribution is 6.68. The molecule has 1 aromatic carbocycles. The van der Waals surface area contributed by atoms with Gasteiger partial charge in [0, 0.05) is 16.2 Å². The molecule has 0 radical (unpaired) electrons. The highest BCUT2D eigenvalue weighted by atomic mass is 35.6. The topological polar surface area (TPSA) is 75.7 Å². The van der Waals surface area contributed by atoms with Crippen LogP contribution in [0.4, 0.5) is 0 Å². The molecule has 20 heavy (non-hydrogen) atoms. The summed E-state index contributed by atoms with van der Waals surface area (Å²) in [6.45, 7) is 2.83. The lowest BCUT2D eigenvalue weighted by atomic mass is 10.1. The van der Waals surface area contributed by atoms with Gasteiger partial charge in [-0.2, -0.15) is 0 Å². The summed E-state index contributed by atoms with van der Waals surface area (Å²) in [5, 5.41) is 20.4. The second-order valence-corrected chi connectivity index (χ2v) is 6.68. The SMILES string of the molecule is CC(=NC(C[N+](=O)[O-])C(Cl)(Cl)Cl)c1cc(C)ccc1O. The van der Waals surface area contributed by atoms with Gasteiger partial charge in [-0.05, 0) is 26.0 Å². The van der Waals surface area contributed by atoms with Gasteiger partial charge >= 0.3 is 0 Å². The van der Waals surface area contributed by atoms with Crippen molar-refractivity contribution in [1.82, 2.24) is 0 Å². The Morgan fingerprint density at radius 1 is 1.50 bits per heavy atom. The Morgan fingerprint density at radius 3 is 2.60 bits per heavy atom. The van der Waals surface area contributed by atoms with Gasteiger partial charge in [-0.25, -0.2) is 0 Å². The first kappa shape index (κ1) is 17.0. The quantitative estimate of drug-likeness (QED) is 0.394. The van der Waals surface area contributed by atoms with Gasteiger partial charge in [-0.1, -0.05) is 46.4 Å². The summed E-state index contributed by atoms with van der Waals surface area (Å²) in [4.78, 5) is 14.1. The molecule has 0 spiro atoms. The predicted molar refractivity (Wildman–Crippen MR) is 81.0 cm³/mol. The molecular weight excluding hydrogens is 327 g/mol. The maximum Gasteiger partial charge on any atom is 0.230 e. The summed E-state index contributed by atoms with van der Waals surface area (Å²) in [6.07, 6.45) is 0. The summed E-state index contributed by atoms with van der Waals surface area (Å²) < 4.78 is -1.90. The lowest BCUT2D eigenvalue weighted by molar-refractivity contribution is -0.482. The monoisotopic (exact) mass is 338 g/mol. The fraction of sp³-hybridized carbons (Fsp3) is 0.417. The van der Waals surface area contributed by atoms with Crippen molar-refractivity contribution in [2.45, 2.75) is 23.7 Å². The first-order valence-corrected chi connectivity index (χ1v) is 6.77. The van der Waals surface area contributed by atoms with E-state index in [1.807, 2.05) is 6.92 Å². The summed E-state index contributed by atoms with van der Waals surface area (Å²) in [7, 11) is 0. The molecule has 0 heterocycles. The Hall–Kier alpha value is -1.04. The van der Waals surface area contributed by atoms with Crippen molar-refractivity contribution >= 4 is 40.5 Å². The minimum atomic E-state index is -1.90. The van der Waals surface area contributed by atoms with E-state index in [1.54, 1.807) is 19.1 Å². The number of alkyl halides is 3. The first-order chi connectivity index (χ1) is 9.11. The number of aliphatic imine (C=N–C) groups is 1. The Kier molecular flexibility index (Phi) is 5.62. The third-order valence-electron chi connectivity index (χ3n) is 2.59. The fourth-order valence-corrected chi connectivity index (χ4v) is 1.96. The van der Waals surface area contributed by atoms with E-state index in [0.29, 0.717) is 11.3 Å². The van der Waals surface area contributed by atoms with Gasteiger partial charge in [-0.3, -0.25) is 15.1 Å². The number of aromatic hydroxyl groups is 1. The predicted octanol–water partition coefficient (Wildman–Crippen LogP) is 3.53. The average Bonchev–Trinajstić information content (AvgIpc) is 2.29. The number of nitro groups is 1. The smallest absolute Gasteiger partial charge is 0.230 e. The summed E-state index contributed by atoms with van der Waals surface area (Å²) >= 11 is 17.1. The highest BCUT2D eigenvalue weighted by Crippen LogP contribution is 2.33. The van der Waals surface area contributed by atoms with Crippen molar-refractivity contribution in [3.8, 4) is 5.75 Å². The minimum Gasteiger partial charge on any atom is -0.507 e. The van der Waals surface area contributed by atoms with E-state index >= 15 is 0 Å². The molecule has 0 aliphatic carbocycles. The van der Waals surface area contributed by atoms with E-state index in [9.17, 15) is 15.2 Å². The molecule has 0 fully saturated rings. The largest absolute Gasteiger partial charge is 0.507 e. The van der Waals surface area contributed by atoms with Gasteiger partial charge in [0.25, 0.3) is 0 Å². The summed E-state index contributed by atoms with van der Waals surface area (Å²) in [5.74, 6) is 0.0148. The van der Waals surface area contributed by atoms with Crippen molar-refractivity contribution in [2.75, 3.05) is 6.54 Å². The van der Waals surface area contributed by atoms with Crippen LogP contribution in [0.25, 0.3) is 0 Å². The van der Waals surface area contributed by atoms with Crippen molar-refractivity contribution in [3.63, 3.8) is 0 Å². The van der Waals surface area contributed by atoms with Gasteiger partial charge < -0.3 is 5.11 Å². The number of halogens is 3. The number of phenolic OH excluding ortho intramolecular Hbond substituents is 1. The van der Waals surface area contributed by atoms with Crippen LogP contribution in [0.5, 0.6) is 5.75 Å². The molecule has 0 bridgehead atoms. The fourth-order valence-electron chi connectivity index (χ4n) is 1.60. The van der Waals surface area contributed by atoms with Crippen LogP contribution in [0.1, 0.15) is 18.1 Å². The zero-order valence-electron chi connectivity index (χ0n) is 10.8. The van der Waals surface area contributed by atoms with E-state index in [1.165, 1.54) is 6.07 Å². The molecule has 110 valence electrons. The molecule has 0 aromatic heterocycles. The van der Waals surface area contributed by atoms with Gasteiger partial charge in [0.05, 0.1) is 0 Å². The van der Waals surface area contributed by atoms with E-state index in [0.717, 1.165) is 5.56 Å². The maximum atomic E-state index is 10.6. The standard InChI is InChI=1S/C12H13Cl3N2O3/c1-7-3-4-10(18)9(5-7)8(2)16-11(6-17(19)20)12(13,14)15/h3-5,11,18H,6H2,1-2H3. The molecule has 0 aliphatic heterocycles. The molecule has 0 saturated heterocycles. The normalized spacial score (nSPS) is 14.2. The van der Waals surface area contributed by atoms with Gasteiger partial charge in [-0.15, -0.1) is 0 Å². The molecule has 1 rings (SSSR count). The maximum absolute atomic E-state index is 10.6. The van der Waals surface area contributed by atoms with Crippen molar-refractivity contribution in [3.05, 3.63) is 39.4 Å². The van der Waals surface area contributed by atoms with E-state index in [4.69, 9.17) is 34.8 Å². The van der Waals surface area contributed by atoms with Gasteiger partial charge in [0.15, 0.2) is 6.04 Å². The van der Waals surface area contributed by atoms with Gasteiger partial charge in [0.1, 0.15) is 5.75 Å². The number of hydrogen-bond acceptors (Lipinski definition) is 4. The number of nitrogens with zero attached hydrogens (tertiary/aromatic N) is 2. The molecule has 1 atom stereocenters. The Bertz CT molecular complexity index is 541. The average molecular weight is 340 g/mol. The molecule has 8 heteroatoms. The second-order valence-electron chi connectivity index (χ2n) is 4.31. The van der Waals surface area contributed by atoms with Gasteiger partial charge in [0.2, 0.25) is 10.3 Å². The van der Waals surface area contributed by atoms with Crippen molar-refractivity contribution in [1.29, 1.82) is 0 Å². The first-order valence-electron chi connectivity index (χ1n) is 5.64. The molecule has 5 nitrogen and oxygen atoms in total. The van der Waals surface area contributed by atoms with E-state index in [-0.39, 0.29) is 5.75 Å². The summed E-state index contributed by atoms with van der Waals surface area (Å²) in [6, 6.07) is 3.81. The molecule has 1 N–H and O–H groups in total. The zero-order valence-corrected chi connectivity index (χ0v) is 13.1. The van der Waals surface area contributed by atoms with Crippen LogP contribution in [0, 0.1) is 17.0 Å². The zero-order chi connectivity index (χ0) is 15.5. The van der Waals surface area contributed by atoms with Crippen molar-refractivity contribution in [2.24, 2.45) is 4.99 Å². The Morgan fingerprint density at radius 2 is 2.10 bits per heavy atom. The van der Waals surface area contributed by atoms with Crippen LogP contribution < -0.4 is 0 Å².